The van der Waals surface area contributed by atoms with Crippen LogP contribution in [0, 0.1) is 0 Å². The van der Waals surface area contributed by atoms with E-state index in [2.05, 4.69) is 10.5 Å². The van der Waals surface area contributed by atoms with Crippen LogP contribution in [0.2, 0.25) is 0 Å². The molecule has 4 N–H and O–H groups in total. The van der Waals surface area contributed by atoms with Crippen molar-refractivity contribution in [2.45, 2.75) is 13.0 Å². The van der Waals surface area contributed by atoms with Crippen LogP contribution in [0.3, 0.4) is 0 Å². The SMILES string of the molecule is CCOc1ccc(OCCOC)c(C(Nc2ccc(C(N)=NO)cc2)C(=O)OC)c1. The summed E-state index contributed by atoms with van der Waals surface area (Å²) in [6, 6.07) is 11.1. The van der Waals surface area contributed by atoms with Crippen molar-refractivity contribution in [3.63, 3.8) is 0 Å². The number of oxime groups is 1. The first-order valence-electron chi connectivity index (χ1n) is 9.34. The first-order valence-corrected chi connectivity index (χ1v) is 9.34. The zero-order valence-electron chi connectivity index (χ0n) is 17.3. The third-order valence-corrected chi connectivity index (χ3v) is 4.18. The van der Waals surface area contributed by atoms with Crippen molar-refractivity contribution in [1.82, 2.24) is 0 Å². The highest BCUT2D eigenvalue weighted by atomic mass is 16.5. The summed E-state index contributed by atoms with van der Waals surface area (Å²) in [6.45, 7) is 3.08. The van der Waals surface area contributed by atoms with Gasteiger partial charge in [-0.15, -0.1) is 0 Å². The number of methoxy groups -OCH3 is 2. The largest absolute Gasteiger partial charge is 0.494 e. The number of amidine groups is 1. The van der Waals surface area contributed by atoms with Crippen LogP contribution in [0.4, 0.5) is 5.69 Å². The van der Waals surface area contributed by atoms with Crippen molar-refractivity contribution in [1.29, 1.82) is 0 Å². The maximum atomic E-state index is 12.6. The molecule has 9 heteroatoms. The fourth-order valence-corrected chi connectivity index (χ4v) is 2.72. The van der Waals surface area contributed by atoms with Gasteiger partial charge in [0.1, 0.15) is 18.1 Å². The molecule has 0 aliphatic heterocycles. The standard InChI is InChI=1S/C21H27N3O6/c1-4-29-16-9-10-18(30-12-11-27-2)17(13-16)19(21(25)28-3)23-15-7-5-14(6-8-15)20(22)24-26/h5-10,13,19,23,26H,4,11-12H2,1-3H3,(H2,22,24). The van der Waals surface area contributed by atoms with E-state index in [9.17, 15) is 4.79 Å². The van der Waals surface area contributed by atoms with Crippen molar-refractivity contribution in [3.05, 3.63) is 53.6 Å². The molecule has 162 valence electrons. The summed E-state index contributed by atoms with van der Waals surface area (Å²) in [7, 11) is 2.90. The number of benzene rings is 2. The normalized spacial score (nSPS) is 12.2. The van der Waals surface area contributed by atoms with Crippen molar-refractivity contribution in [2.75, 3.05) is 39.4 Å². The first kappa shape index (κ1) is 22.8. The lowest BCUT2D eigenvalue weighted by molar-refractivity contribution is -0.141. The quantitative estimate of drug-likeness (QED) is 0.127. The van der Waals surface area contributed by atoms with Gasteiger partial charge in [0.15, 0.2) is 11.9 Å². The predicted octanol–water partition coefficient (Wildman–Crippen LogP) is 2.53. The van der Waals surface area contributed by atoms with E-state index in [0.29, 0.717) is 48.1 Å². The lowest BCUT2D eigenvalue weighted by Gasteiger charge is -2.22. The number of hydrogen-bond donors (Lipinski definition) is 3. The Labute approximate surface area is 175 Å². The van der Waals surface area contributed by atoms with E-state index >= 15 is 0 Å². The van der Waals surface area contributed by atoms with E-state index in [-0.39, 0.29) is 5.84 Å². The molecule has 0 amide bonds. The van der Waals surface area contributed by atoms with Gasteiger partial charge in [0.25, 0.3) is 0 Å². The number of rotatable bonds is 11. The van der Waals surface area contributed by atoms with Gasteiger partial charge >= 0.3 is 5.97 Å². The fourth-order valence-electron chi connectivity index (χ4n) is 2.72. The average Bonchev–Trinajstić information content (AvgIpc) is 2.78. The number of nitrogens with zero attached hydrogens (tertiary/aromatic N) is 1. The molecule has 2 rings (SSSR count). The lowest BCUT2D eigenvalue weighted by Crippen LogP contribution is -2.23. The molecule has 0 spiro atoms. The molecule has 0 fully saturated rings. The Hall–Kier alpha value is -3.46. The molecule has 1 atom stereocenters. The second-order valence-corrected chi connectivity index (χ2v) is 6.14. The van der Waals surface area contributed by atoms with Crippen molar-refractivity contribution >= 4 is 17.5 Å². The molecule has 2 aromatic carbocycles. The third kappa shape index (κ3) is 6.02. The number of ether oxygens (including phenoxy) is 4. The van der Waals surface area contributed by atoms with E-state index in [0.717, 1.165) is 0 Å². The number of anilines is 1. The molecular formula is C21H27N3O6. The second kappa shape index (κ2) is 11.5. The molecule has 0 heterocycles. The average molecular weight is 417 g/mol. The summed E-state index contributed by atoms with van der Waals surface area (Å²) in [4.78, 5) is 12.6. The molecule has 0 aromatic heterocycles. The number of hydrogen-bond acceptors (Lipinski definition) is 8. The Balaban J connectivity index is 2.39. The summed E-state index contributed by atoms with van der Waals surface area (Å²) in [6.07, 6.45) is 0. The number of carbonyl (C=O) groups excluding carboxylic acids is 1. The highest BCUT2D eigenvalue weighted by molar-refractivity contribution is 5.97. The van der Waals surface area contributed by atoms with Crippen LogP contribution in [0.15, 0.2) is 47.6 Å². The molecule has 0 bridgehead atoms. The Morgan fingerprint density at radius 2 is 1.87 bits per heavy atom. The monoisotopic (exact) mass is 417 g/mol. The van der Waals surface area contributed by atoms with Gasteiger partial charge in [-0.3, -0.25) is 0 Å². The highest BCUT2D eigenvalue weighted by Gasteiger charge is 2.26. The molecule has 0 radical (unpaired) electrons. The molecule has 9 nitrogen and oxygen atoms in total. The molecule has 30 heavy (non-hydrogen) atoms. The first-order chi connectivity index (χ1) is 14.5. The number of carbonyl (C=O) groups is 1. The van der Waals surface area contributed by atoms with Gasteiger partial charge in [-0.1, -0.05) is 5.16 Å². The molecule has 0 saturated heterocycles. The van der Waals surface area contributed by atoms with Crippen molar-refractivity contribution < 1.29 is 28.9 Å². The molecular weight excluding hydrogens is 390 g/mol. The van der Waals surface area contributed by atoms with Gasteiger partial charge in [0, 0.05) is 23.9 Å². The van der Waals surface area contributed by atoms with Gasteiger partial charge in [-0.25, -0.2) is 4.79 Å². The lowest BCUT2D eigenvalue weighted by atomic mass is 10.0. The topological polar surface area (TPSA) is 125 Å². The number of nitrogens with one attached hydrogen (secondary N) is 1. The third-order valence-electron chi connectivity index (χ3n) is 4.18. The Bertz CT molecular complexity index is 854. The van der Waals surface area contributed by atoms with Gasteiger partial charge in [-0.2, -0.15) is 0 Å². The zero-order chi connectivity index (χ0) is 21.9. The maximum absolute atomic E-state index is 12.6. The number of esters is 1. The molecule has 1 unspecified atom stereocenters. The summed E-state index contributed by atoms with van der Waals surface area (Å²) >= 11 is 0. The van der Waals surface area contributed by atoms with Crippen LogP contribution in [0.5, 0.6) is 11.5 Å². The van der Waals surface area contributed by atoms with Gasteiger partial charge < -0.3 is 35.2 Å². The molecule has 0 saturated carbocycles. The molecule has 0 aliphatic carbocycles. The fraction of sp³-hybridized carbons (Fsp3) is 0.333. The van der Waals surface area contributed by atoms with E-state index in [1.54, 1.807) is 49.6 Å². The minimum Gasteiger partial charge on any atom is -0.494 e. The van der Waals surface area contributed by atoms with Crippen LogP contribution in [-0.2, 0) is 14.3 Å². The Morgan fingerprint density at radius 1 is 1.13 bits per heavy atom. The maximum Gasteiger partial charge on any atom is 0.333 e. The van der Waals surface area contributed by atoms with Crippen LogP contribution >= 0.6 is 0 Å². The smallest absolute Gasteiger partial charge is 0.333 e. The minimum atomic E-state index is -0.859. The van der Waals surface area contributed by atoms with Gasteiger partial charge in [0.2, 0.25) is 0 Å². The van der Waals surface area contributed by atoms with E-state index in [1.165, 1.54) is 7.11 Å². The van der Waals surface area contributed by atoms with Gasteiger partial charge in [0.05, 0.1) is 20.3 Å². The van der Waals surface area contributed by atoms with Crippen molar-refractivity contribution in [2.24, 2.45) is 10.9 Å². The van der Waals surface area contributed by atoms with Crippen LogP contribution in [0.25, 0.3) is 0 Å². The van der Waals surface area contributed by atoms with Crippen LogP contribution < -0.4 is 20.5 Å². The Kier molecular flexibility index (Phi) is 8.76. The highest BCUT2D eigenvalue weighted by Crippen LogP contribution is 2.33. The van der Waals surface area contributed by atoms with E-state index in [1.807, 2.05) is 6.92 Å². The molecule has 2 aromatic rings. The summed E-state index contributed by atoms with van der Waals surface area (Å²) in [5.74, 6) is 0.598. The van der Waals surface area contributed by atoms with Crippen molar-refractivity contribution in [3.8, 4) is 11.5 Å². The minimum absolute atomic E-state index is 0.00990. The summed E-state index contributed by atoms with van der Waals surface area (Å²) < 4.78 is 21.4. The Morgan fingerprint density at radius 3 is 2.47 bits per heavy atom. The zero-order valence-corrected chi connectivity index (χ0v) is 17.3. The number of nitrogens with two attached hydrogens (primary N) is 1. The predicted molar refractivity (Wildman–Crippen MR) is 112 cm³/mol. The molecule has 0 aliphatic rings. The second-order valence-electron chi connectivity index (χ2n) is 6.14. The summed E-state index contributed by atoms with van der Waals surface area (Å²) in [5.41, 5.74) is 7.32. The summed E-state index contributed by atoms with van der Waals surface area (Å²) in [5, 5.41) is 14.9. The van der Waals surface area contributed by atoms with Crippen LogP contribution in [-0.4, -0.2) is 51.1 Å². The van der Waals surface area contributed by atoms with Gasteiger partial charge in [-0.05, 0) is 49.4 Å². The van der Waals surface area contributed by atoms with Crippen LogP contribution in [0.1, 0.15) is 24.1 Å². The van der Waals surface area contributed by atoms with E-state index in [4.69, 9.17) is 29.9 Å². The van der Waals surface area contributed by atoms with E-state index < -0.39 is 12.0 Å².